The van der Waals surface area contributed by atoms with Gasteiger partial charge in [0.2, 0.25) is 0 Å². The van der Waals surface area contributed by atoms with Crippen LogP contribution in [0.15, 0.2) is 0 Å². The van der Waals surface area contributed by atoms with E-state index < -0.39 is 11.4 Å². The fourth-order valence-corrected chi connectivity index (χ4v) is 2.52. The maximum absolute atomic E-state index is 12.1. The molecule has 1 fully saturated rings. The summed E-state index contributed by atoms with van der Waals surface area (Å²) in [5, 5.41) is 12.1. The zero-order valence-electron chi connectivity index (χ0n) is 13.1. The van der Waals surface area contributed by atoms with Crippen LogP contribution in [0.3, 0.4) is 0 Å². The minimum atomic E-state index is -0.821. The maximum atomic E-state index is 12.1. The molecule has 1 rings (SSSR count). The number of carbonyl (C=O) groups excluding carboxylic acids is 1. The minimum Gasteiger partial charge on any atom is -0.481 e. The molecule has 1 aliphatic heterocycles. The monoisotopic (exact) mass is 284 g/mol. The van der Waals surface area contributed by atoms with Gasteiger partial charge in [-0.3, -0.25) is 4.79 Å². The van der Waals surface area contributed by atoms with Gasteiger partial charge in [-0.2, -0.15) is 0 Å². The molecule has 0 aromatic heterocycles. The molecule has 2 amide bonds. The second-order valence-electron chi connectivity index (χ2n) is 6.71. The van der Waals surface area contributed by atoms with Crippen LogP contribution in [0.2, 0.25) is 0 Å². The molecule has 0 aromatic rings. The summed E-state index contributed by atoms with van der Waals surface area (Å²) in [7, 11) is 0. The van der Waals surface area contributed by atoms with Crippen LogP contribution in [0.1, 0.15) is 53.4 Å². The van der Waals surface area contributed by atoms with E-state index in [1.54, 1.807) is 11.8 Å². The normalized spacial score (nSPS) is 23.9. The van der Waals surface area contributed by atoms with Gasteiger partial charge in [0.1, 0.15) is 0 Å². The Morgan fingerprint density at radius 1 is 1.30 bits per heavy atom. The molecule has 5 nitrogen and oxygen atoms in total. The Labute approximate surface area is 121 Å². The van der Waals surface area contributed by atoms with Crippen molar-refractivity contribution in [1.29, 1.82) is 0 Å². The molecule has 1 heterocycles. The fourth-order valence-electron chi connectivity index (χ4n) is 2.52. The number of amides is 2. The van der Waals surface area contributed by atoms with Gasteiger partial charge in [0.05, 0.1) is 5.41 Å². The Morgan fingerprint density at radius 3 is 2.45 bits per heavy atom. The van der Waals surface area contributed by atoms with E-state index in [0.717, 1.165) is 12.8 Å². The molecule has 2 atom stereocenters. The first-order chi connectivity index (χ1) is 9.24. The van der Waals surface area contributed by atoms with Crippen LogP contribution in [0.5, 0.6) is 0 Å². The number of likely N-dealkylation sites (tertiary alicyclic amines) is 1. The summed E-state index contributed by atoms with van der Waals surface area (Å²) in [5.41, 5.74) is -0.793. The third-order valence-corrected chi connectivity index (χ3v) is 4.07. The predicted molar refractivity (Wildman–Crippen MR) is 78.6 cm³/mol. The summed E-state index contributed by atoms with van der Waals surface area (Å²) in [6.07, 6.45) is 3.76. The minimum absolute atomic E-state index is 0.132. The SMILES string of the molecule is CC(C)CCCC(C)NC(=O)N1CCC(C)(C(=O)O)C1. The van der Waals surface area contributed by atoms with Gasteiger partial charge in [0.25, 0.3) is 0 Å². The number of urea groups is 1. The van der Waals surface area contributed by atoms with Crippen LogP contribution >= 0.6 is 0 Å². The van der Waals surface area contributed by atoms with Crippen LogP contribution in [0.4, 0.5) is 4.79 Å². The van der Waals surface area contributed by atoms with Gasteiger partial charge in [-0.05, 0) is 32.6 Å². The lowest BCUT2D eigenvalue weighted by Crippen LogP contribution is -2.44. The highest BCUT2D eigenvalue weighted by Gasteiger charge is 2.42. The van der Waals surface area contributed by atoms with Gasteiger partial charge in [-0.25, -0.2) is 4.79 Å². The van der Waals surface area contributed by atoms with Crippen molar-refractivity contribution in [2.75, 3.05) is 13.1 Å². The summed E-state index contributed by atoms with van der Waals surface area (Å²) < 4.78 is 0. The van der Waals surface area contributed by atoms with Gasteiger partial charge < -0.3 is 15.3 Å². The summed E-state index contributed by atoms with van der Waals surface area (Å²) in [6, 6.07) is 0.00459. The molecule has 0 aliphatic carbocycles. The number of hydrogen-bond acceptors (Lipinski definition) is 2. The molecular formula is C15H28N2O3. The summed E-state index contributed by atoms with van der Waals surface area (Å²) in [4.78, 5) is 24.9. The summed E-state index contributed by atoms with van der Waals surface area (Å²) in [6.45, 7) is 8.92. The number of rotatable bonds is 6. The maximum Gasteiger partial charge on any atom is 0.317 e. The highest BCUT2D eigenvalue weighted by Crippen LogP contribution is 2.30. The van der Waals surface area contributed by atoms with E-state index >= 15 is 0 Å². The smallest absolute Gasteiger partial charge is 0.317 e. The predicted octanol–water partition coefficient (Wildman–Crippen LogP) is 2.71. The average Bonchev–Trinajstić information content (AvgIpc) is 2.73. The Hall–Kier alpha value is -1.26. The Kier molecular flexibility index (Phi) is 5.84. The number of hydrogen-bond donors (Lipinski definition) is 2. The van der Waals surface area contributed by atoms with E-state index in [0.29, 0.717) is 25.4 Å². The van der Waals surface area contributed by atoms with Gasteiger partial charge >= 0.3 is 12.0 Å². The van der Waals surface area contributed by atoms with Gasteiger partial charge in [0.15, 0.2) is 0 Å². The lowest BCUT2D eigenvalue weighted by Gasteiger charge is -2.23. The third kappa shape index (κ3) is 4.69. The molecule has 0 saturated carbocycles. The molecule has 0 aromatic carbocycles. The standard InChI is InChI=1S/C15H28N2O3/c1-11(2)6-5-7-12(3)16-14(20)17-9-8-15(4,10-17)13(18)19/h11-12H,5-10H2,1-4H3,(H,16,20)(H,18,19). The Balaban J connectivity index is 2.35. The van der Waals surface area contributed by atoms with E-state index in [4.69, 9.17) is 5.11 Å². The van der Waals surface area contributed by atoms with Crippen molar-refractivity contribution in [1.82, 2.24) is 10.2 Å². The first kappa shape index (κ1) is 16.8. The third-order valence-electron chi connectivity index (χ3n) is 4.07. The summed E-state index contributed by atoms with van der Waals surface area (Å²) >= 11 is 0. The number of nitrogens with one attached hydrogen (secondary N) is 1. The molecule has 5 heteroatoms. The Bertz CT molecular complexity index is 357. The average molecular weight is 284 g/mol. The van der Waals surface area contributed by atoms with E-state index in [9.17, 15) is 9.59 Å². The van der Waals surface area contributed by atoms with Crippen molar-refractivity contribution in [3.05, 3.63) is 0 Å². The number of aliphatic carboxylic acids is 1. The van der Waals surface area contributed by atoms with Gasteiger partial charge in [-0.1, -0.05) is 26.7 Å². The Morgan fingerprint density at radius 2 is 1.95 bits per heavy atom. The molecular weight excluding hydrogens is 256 g/mol. The first-order valence-corrected chi connectivity index (χ1v) is 7.53. The largest absolute Gasteiger partial charge is 0.481 e. The number of carbonyl (C=O) groups is 2. The quantitative estimate of drug-likeness (QED) is 0.788. The highest BCUT2D eigenvalue weighted by atomic mass is 16.4. The van der Waals surface area contributed by atoms with Crippen molar-refractivity contribution in [2.45, 2.75) is 59.4 Å². The molecule has 0 radical (unpaired) electrons. The van der Waals surface area contributed by atoms with Crippen LogP contribution < -0.4 is 5.32 Å². The van der Waals surface area contributed by atoms with E-state index in [1.165, 1.54) is 6.42 Å². The molecule has 116 valence electrons. The van der Waals surface area contributed by atoms with Crippen molar-refractivity contribution in [3.8, 4) is 0 Å². The van der Waals surface area contributed by atoms with Gasteiger partial charge in [-0.15, -0.1) is 0 Å². The second-order valence-corrected chi connectivity index (χ2v) is 6.71. The molecule has 20 heavy (non-hydrogen) atoms. The zero-order valence-corrected chi connectivity index (χ0v) is 13.1. The van der Waals surface area contributed by atoms with Crippen molar-refractivity contribution < 1.29 is 14.7 Å². The van der Waals surface area contributed by atoms with E-state index in [2.05, 4.69) is 19.2 Å². The fraction of sp³-hybridized carbons (Fsp3) is 0.867. The van der Waals surface area contributed by atoms with E-state index in [1.807, 2.05) is 6.92 Å². The zero-order chi connectivity index (χ0) is 15.3. The van der Waals surface area contributed by atoms with Crippen LogP contribution in [-0.2, 0) is 4.79 Å². The van der Waals surface area contributed by atoms with Crippen molar-refractivity contribution >= 4 is 12.0 Å². The van der Waals surface area contributed by atoms with Crippen LogP contribution in [-0.4, -0.2) is 41.1 Å². The second kappa shape index (κ2) is 6.95. The van der Waals surface area contributed by atoms with Crippen LogP contribution in [0, 0.1) is 11.3 Å². The number of carboxylic acids is 1. The number of carboxylic acid groups (broad SMARTS) is 1. The molecule has 2 N–H and O–H groups in total. The van der Waals surface area contributed by atoms with Crippen molar-refractivity contribution in [3.63, 3.8) is 0 Å². The summed E-state index contributed by atoms with van der Waals surface area (Å²) in [5.74, 6) is -0.134. The topological polar surface area (TPSA) is 69.6 Å². The molecule has 2 unspecified atom stereocenters. The molecule has 1 saturated heterocycles. The van der Waals surface area contributed by atoms with Crippen LogP contribution in [0.25, 0.3) is 0 Å². The molecule has 0 spiro atoms. The molecule has 1 aliphatic rings. The van der Waals surface area contributed by atoms with Gasteiger partial charge in [0, 0.05) is 19.1 Å². The lowest BCUT2D eigenvalue weighted by molar-refractivity contribution is -0.146. The highest BCUT2D eigenvalue weighted by molar-refractivity contribution is 5.79. The van der Waals surface area contributed by atoms with E-state index in [-0.39, 0.29) is 12.1 Å². The lowest BCUT2D eigenvalue weighted by atomic mass is 9.90. The first-order valence-electron chi connectivity index (χ1n) is 7.53. The molecule has 0 bridgehead atoms. The van der Waals surface area contributed by atoms with Crippen molar-refractivity contribution in [2.24, 2.45) is 11.3 Å². The number of nitrogens with zero attached hydrogens (tertiary/aromatic N) is 1.